The van der Waals surface area contributed by atoms with E-state index in [9.17, 15) is 19.7 Å². The van der Waals surface area contributed by atoms with Gasteiger partial charge >= 0.3 is 0 Å². The van der Waals surface area contributed by atoms with Gasteiger partial charge in [0.1, 0.15) is 6.61 Å². The molecule has 37 heavy (non-hydrogen) atoms. The summed E-state index contributed by atoms with van der Waals surface area (Å²) in [6.45, 7) is 2.32. The van der Waals surface area contributed by atoms with Crippen LogP contribution in [0, 0.1) is 10.1 Å². The van der Waals surface area contributed by atoms with E-state index in [1.54, 1.807) is 66.7 Å². The van der Waals surface area contributed by atoms with E-state index in [1.165, 1.54) is 12.1 Å². The lowest BCUT2D eigenvalue weighted by Crippen LogP contribution is -2.44. The van der Waals surface area contributed by atoms with Crippen LogP contribution in [0.15, 0.2) is 77.7 Å². The smallest absolute Gasteiger partial charge is 0.285 e. The third-order valence-corrected chi connectivity index (χ3v) is 6.43. The van der Waals surface area contributed by atoms with Crippen molar-refractivity contribution in [1.29, 1.82) is 0 Å². The van der Waals surface area contributed by atoms with Crippen molar-refractivity contribution < 1.29 is 24.0 Å². The van der Waals surface area contributed by atoms with Crippen LogP contribution in [0.1, 0.15) is 28.4 Å². The van der Waals surface area contributed by atoms with Crippen LogP contribution in [0.5, 0.6) is 11.5 Å². The molecule has 0 aromatic heterocycles. The molecule has 11 heteroatoms. The van der Waals surface area contributed by atoms with E-state index in [2.05, 4.69) is 5.43 Å². The predicted molar refractivity (Wildman–Crippen MR) is 144 cm³/mol. The number of hydrogen-bond donors (Lipinski definition) is 1. The second-order valence-corrected chi connectivity index (χ2v) is 9.35. The summed E-state index contributed by atoms with van der Waals surface area (Å²) >= 11 is 6.37. The molecule has 1 aliphatic heterocycles. The molecule has 4 rings (SSSR count). The Bertz CT molecular complexity index is 1390. The van der Waals surface area contributed by atoms with Crippen molar-refractivity contribution in [2.45, 2.75) is 13.5 Å². The number of nitro benzene ring substituents is 1. The maximum atomic E-state index is 12.9. The Hall–Kier alpha value is -4.22. The first kappa shape index (κ1) is 25.9. The van der Waals surface area contributed by atoms with E-state index < -0.39 is 16.7 Å². The number of hydrazine groups is 1. The molecule has 1 fully saturated rings. The van der Waals surface area contributed by atoms with Crippen LogP contribution in [-0.4, -0.2) is 32.7 Å². The van der Waals surface area contributed by atoms with Gasteiger partial charge in [-0.15, -0.1) is 0 Å². The van der Waals surface area contributed by atoms with Gasteiger partial charge in [0.25, 0.3) is 17.5 Å². The van der Waals surface area contributed by atoms with Crippen LogP contribution in [0.4, 0.5) is 5.69 Å². The van der Waals surface area contributed by atoms with Crippen molar-refractivity contribution in [3.05, 3.63) is 105 Å². The number of amides is 2. The van der Waals surface area contributed by atoms with Crippen molar-refractivity contribution in [2.75, 3.05) is 6.61 Å². The lowest BCUT2D eigenvalue weighted by atomic mass is 10.1. The summed E-state index contributed by atoms with van der Waals surface area (Å²) in [4.78, 5) is 36.3. The summed E-state index contributed by atoms with van der Waals surface area (Å²) in [5, 5.41) is 12.1. The predicted octanol–water partition coefficient (Wildman–Crippen LogP) is 5.12. The summed E-state index contributed by atoms with van der Waals surface area (Å²) in [5.74, 6) is 0.0213. The molecule has 1 saturated heterocycles. The Morgan fingerprint density at radius 3 is 2.59 bits per heavy atom. The maximum absolute atomic E-state index is 12.9. The minimum absolute atomic E-state index is 0.0150. The van der Waals surface area contributed by atoms with Gasteiger partial charge in [-0.3, -0.25) is 25.1 Å². The molecule has 1 N–H and O–H groups in total. The molecule has 2 amide bonds. The van der Waals surface area contributed by atoms with Crippen LogP contribution in [0.3, 0.4) is 0 Å². The highest BCUT2D eigenvalue weighted by molar-refractivity contribution is 8.26. The van der Waals surface area contributed by atoms with Gasteiger partial charge in [0.05, 0.1) is 16.4 Å². The number of carbonyl (C=O) groups excluding carboxylic acids is 2. The maximum Gasteiger partial charge on any atom is 0.285 e. The highest BCUT2D eigenvalue weighted by Gasteiger charge is 2.33. The molecular weight excluding hydrogens is 514 g/mol. The number of thiocarbonyl (C=S) groups is 1. The third-order valence-electron chi connectivity index (χ3n) is 5.12. The molecule has 3 aromatic rings. The van der Waals surface area contributed by atoms with Crippen molar-refractivity contribution in [2.24, 2.45) is 0 Å². The van der Waals surface area contributed by atoms with Crippen molar-refractivity contribution in [3.63, 3.8) is 0 Å². The van der Waals surface area contributed by atoms with E-state index in [4.69, 9.17) is 21.7 Å². The number of hydrogen-bond acceptors (Lipinski definition) is 8. The molecule has 0 aliphatic carbocycles. The minimum Gasteiger partial charge on any atom is -0.490 e. The molecule has 0 saturated carbocycles. The van der Waals surface area contributed by atoms with Crippen molar-refractivity contribution >= 4 is 51.9 Å². The quantitative estimate of drug-likeness (QED) is 0.174. The fourth-order valence-corrected chi connectivity index (χ4v) is 4.57. The first-order valence-corrected chi connectivity index (χ1v) is 12.3. The third kappa shape index (κ3) is 6.32. The van der Waals surface area contributed by atoms with Gasteiger partial charge in [-0.1, -0.05) is 48.2 Å². The molecular formula is C26H21N3O6S2. The average Bonchev–Trinajstić information content (AvgIpc) is 3.16. The van der Waals surface area contributed by atoms with Gasteiger partial charge in [-0.05, 0) is 60.6 Å². The SMILES string of the molecule is CCOc1cc(/C=C2/SC(=S)N(NC(=O)c3ccccc3)C2=O)ccc1OCc1cccc([N+](=O)[O-])c1. The summed E-state index contributed by atoms with van der Waals surface area (Å²) in [5.41, 5.74) is 4.25. The Morgan fingerprint density at radius 2 is 1.86 bits per heavy atom. The average molecular weight is 536 g/mol. The highest BCUT2D eigenvalue weighted by atomic mass is 32.2. The van der Waals surface area contributed by atoms with Gasteiger partial charge in [-0.25, -0.2) is 0 Å². The largest absolute Gasteiger partial charge is 0.490 e. The number of carbonyl (C=O) groups is 2. The Kier molecular flexibility index (Phi) is 8.16. The molecule has 0 bridgehead atoms. The van der Waals surface area contributed by atoms with E-state index in [0.717, 1.165) is 16.8 Å². The lowest BCUT2D eigenvalue weighted by molar-refractivity contribution is -0.384. The van der Waals surface area contributed by atoms with E-state index in [0.29, 0.717) is 39.7 Å². The van der Waals surface area contributed by atoms with Crippen LogP contribution in [0.2, 0.25) is 0 Å². The van der Waals surface area contributed by atoms with Crippen LogP contribution in [-0.2, 0) is 11.4 Å². The molecule has 0 atom stereocenters. The van der Waals surface area contributed by atoms with E-state index in [1.807, 2.05) is 6.92 Å². The number of ether oxygens (including phenoxy) is 2. The number of benzene rings is 3. The summed E-state index contributed by atoms with van der Waals surface area (Å²) in [6.07, 6.45) is 1.65. The van der Waals surface area contributed by atoms with Gasteiger partial charge in [0, 0.05) is 17.7 Å². The molecule has 0 spiro atoms. The van der Waals surface area contributed by atoms with Crippen molar-refractivity contribution in [1.82, 2.24) is 10.4 Å². The first-order valence-electron chi connectivity index (χ1n) is 11.1. The van der Waals surface area contributed by atoms with E-state index in [-0.39, 0.29) is 16.6 Å². The number of thioether (sulfide) groups is 1. The van der Waals surface area contributed by atoms with Gasteiger partial charge < -0.3 is 9.47 Å². The monoisotopic (exact) mass is 535 g/mol. The normalized spacial score (nSPS) is 14.1. The number of nitrogens with zero attached hydrogens (tertiary/aromatic N) is 2. The molecule has 1 aliphatic rings. The summed E-state index contributed by atoms with van der Waals surface area (Å²) in [7, 11) is 0. The first-order chi connectivity index (χ1) is 17.9. The Balaban J connectivity index is 1.48. The number of rotatable bonds is 9. The fraction of sp³-hybridized carbons (Fsp3) is 0.115. The fourth-order valence-electron chi connectivity index (χ4n) is 3.39. The van der Waals surface area contributed by atoms with E-state index >= 15 is 0 Å². The van der Waals surface area contributed by atoms with Crippen LogP contribution in [0.25, 0.3) is 6.08 Å². The molecule has 0 unspecified atom stereocenters. The second kappa shape index (κ2) is 11.7. The summed E-state index contributed by atoms with van der Waals surface area (Å²) in [6, 6.07) is 19.9. The highest BCUT2D eigenvalue weighted by Crippen LogP contribution is 2.34. The topological polar surface area (TPSA) is 111 Å². The molecule has 188 valence electrons. The van der Waals surface area contributed by atoms with Crippen molar-refractivity contribution in [3.8, 4) is 11.5 Å². The van der Waals surface area contributed by atoms with Gasteiger partial charge in [0.15, 0.2) is 15.8 Å². The van der Waals surface area contributed by atoms with Crippen LogP contribution >= 0.6 is 24.0 Å². The zero-order chi connectivity index (χ0) is 26.4. The molecule has 9 nitrogen and oxygen atoms in total. The number of nitro groups is 1. The minimum atomic E-state index is -0.459. The number of nitrogens with one attached hydrogen (secondary N) is 1. The zero-order valence-electron chi connectivity index (χ0n) is 19.6. The lowest BCUT2D eigenvalue weighted by Gasteiger charge is -2.15. The zero-order valence-corrected chi connectivity index (χ0v) is 21.2. The van der Waals surface area contributed by atoms with Gasteiger partial charge in [0.2, 0.25) is 0 Å². The second-order valence-electron chi connectivity index (χ2n) is 7.68. The number of non-ortho nitro benzene ring substituents is 1. The molecule has 0 radical (unpaired) electrons. The molecule has 3 aromatic carbocycles. The Labute approximate surface area is 222 Å². The van der Waals surface area contributed by atoms with Gasteiger partial charge in [-0.2, -0.15) is 5.01 Å². The summed E-state index contributed by atoms with van der Waals surface area (Å²) < 4.78 is 11.8. The Morgan fingerprint density at radius 1 is 1.08 bits per heavy atom. The standard InChI is InChI=1S/C26H21N3O6S2/c1-2-34-22-14-17(11-12-21(22)35-16-18-7-6-10-20(13-18)29(32)33)15-23-25(31)28(26(36)37-23)27-24(30)19-8-4-3-5-9-19/h3-15H,2,16H2,1H3,(H,27,30)/b23-15+. The molecule has 1 heterocycles. The van der Waals surface area contributed by atoms with Crippen LogP contribution < -0.4 is 14.9 Å².